The predicted octanol–water partition coefficient (Wildman–Crippen LogP) is 2.01. The smallest absolute Gasteiger partial charge is 0.252 e. The van der Waals surface area contributed by atoms with E-state index < -0.39 is 9.84 Å². The second kappa shape index (κ2) is 6.00. The van der Waals surface area contributed by atoms with Crippen molar-refractivity contribution in [3.05, 3.63) is 29.8 Å². The molecule has 0 saturated carbocycles. The summed E-state index contributed by atoms with van der Waals surface area (Å²) in [4.78, 5) is 12.1. The Bertz CT molecular complexity index is 523. The fraction of sp³-hybridized carbons (Fsp3) is 0.462. The molecule has 0 aliphatic carbocycles. The molecule has 1 aromatic rings. The van der Waals surface area contributed by atoms with Crippen LogP contribution in [0.15, 0.2) is 29.2 Å². The van der Waals surface area contributed by atoms with Crippen molar-refractivity contribution in [2.45, 2.75) is 37.6 Å². The van der Waals surface area contributed by atoms with E-state index in [4.69, 9.17) is 0 Å². The molecule has 4 nitrogen and oxygen atoms in total. The first-order chi connectivity index (χ1) is 8.36. The van der Waals surface area contributed by atoms with Crippen molar-refractivity contribution in [1.29, 1.82) is 0 Å². The molecule has 5 heteroatoms. The number of hydrogen-bond acceptors (Lipinski definition) is 3. The zero-order valence-corrected chi connectivity index (χ0v) is 11.8. The van der Waals surface area contributed by atoms with Gasteiger partial charge in [0.15, 0.2) is 9.84 Å². The Morgan fingerprint density at radius 2 is 1.94 bits per heavy atom. The summed E-state index contributed by atoms with van der Waals surface area (Å²) in [5, 5.41) is 2.81. The minimum absolute atomic E-state index is 0.0371. The molecule has 1 aromatic carbocycles. The third-order valence-electron chi connectivity index (χ3n) is 2.63. The van der Waals surface area contributed by atoms with Crippen molar-refractivity contribution < 1.29 is 13.2 Å². The van der Waals surface area contributed by atoms with E-state index in [1.165, 1.54) is 12.1 Å². The maximum Gasteiger partial charge on any atom is 0.252 e. The third kappa shape index (κ3) is 3.84. The van der Waals surface area contributed by atoms with Crippen molar-refractivity contribution in [3.8, 4) is 0 Å². The molecular weight excluding hydrogens is 250 g/mol. The Kier molecular flexibility index (Phi) is 4.90. The van der Waals surface area contributed by atoms with E-state index in [2.05, 4.69) is 5.32 Å². The Balaban J connectivity index is 3.00. The molecule has 0 saturated heterocycles. The number of hydrogen-bond donors (Lipinski definition) is 1. The SMILES string of the molecule is CCC[C@H](C)NC(=O)c1ccccc1S(C)(=O)=O. The summed E-state index contributed by atoms with van der Waals surface area (Å²) in [5.74, 6) is -0.336. The number of carbonyl (C=O) groups is 1. The molecule has 1 atom stereocenters. The van der Waals surface area contributed by atoms with Gasteiger partial charge in [-0.2, -0.15) is 0 Å². The molecule has 0 heterocycles. The van der Waals surface area contributed by atoms with Crippen LogP contribution >= 0.6 is 0 Å². The molecule has 1 N–H and O–H groups in total. The lowest BCUT2D eigenvalue weighted by Gasteiger charge is -2.14. The van der Waals surface area contributed by atoms with Crippen LogP contribution in [0.4, 0.5) is 0 Å². The Morgan fingerprint density at radius 1 is 1.33 bits per heavy atom. The van der Waals surface area contributed by atoms with Crippen molar-refractivity contribution >= 4 is 15.7 Å². The van der Waals surface area contributed by atoms with Gasteiger partial charge >= 0.3 is 0 Å². The van der Waals surface area contributed by atoms with E-state index in [1.54, 1.807) is 12.1 Å². The second-order valence-electron chi connectivity index (χ2n) is 4.43. The van der Waals surface area contributed by atoms with E-state index >= 15 is 0 Å². The molecule has 0 aliphatic heterocycles. The Labute approximate surface area is 108 Å². The molecular formula is C13H19NO3S. The summed E-state index contributed by atoms with van der Waals surface area (Å²) >= 11 is 0. The van der Waals surface area contributed by atoms with Gasteiger partial charge in [0.1, 0.15) is 0 Å². The van der Waals surface area contributed by atoms with Gasteiger partial charge in [0.25, 0.3) is 5.91 Å². The molecule has 100 valence electrons. The molecule has 0 aromatic heterocycles. The normalized spacial score (nSPS) is 13.1. The predicted molar refractivity (Wildman–Crippen MR) is 71.4 cm³/mol. The van der Waals surface area contributed by atoms with Gasteiger partial charge in [-0.25, -0.2) is 8.42 Å². The van der Waals surface area contributed by atoms with Gasteiger partial charge in [0.05, 0.1) is 10.5 Å². The first-order valence-corrected chi connectivity index (χ1v) is 7.85. The number of carbonyl (C=O) groups excluding carboxylic acids is 1. The van der Waals surface area contributed by atoms with Crippen LogP contribution in [0.25, 0.3) is 0 Å². The molecule has 0 bridgehead atoms. The molecule has 0 aliphatic rings. The molecule has 0 unspecified atom stereocenters. The monoisotopic (exact) mass is 269 g/mol. The van der Waals surface area contributed by atoms with Gasteiger partial charge in [0.2, 0.25) is 0 Å². The van der Waals surface area contributed by atoms with Crippen molar-refractivity contribution in [3.63, 3.8) is 0 Å². The van der Waals surface area contributed by atoms with E-state index in [-0.39, 0.29) is 22.4 Å². The van der Waals surface area contributed by atoms with Gasteiger partial charge < -0.3 is 5.32 Å². The number of nitrogens with one attached hydrogen (secondary N) is 1. The summed E-state index contributed by atoms with van der Waals surface area (Å²) in [6, 6.07) is 6.30. The summed E-state index contributed by atoms with van der Waals surface area (Å²) < 4.78 is 23.2. The minimum atomic E-state index is -3.39. The summed E-state index contributed by atoms with van der Waals surface area (Å²) in [7, 11) is -3.39. The largest absolute Gasteiger partial charge is 0.350 e. The Morgan fingerprint density at radius 3 is 2.50 bits per heavy atom. The average molecular weight is 269 g/mol. The van der Waals surface area contributed by atoms with Crippen molar-refractivity contribution in [1.82, 2.24) is 5.32 Å². The highest BCUT2D eigenvalue weighted by Gasteiger charge is 2.18. The number of rotatable bonds is 5. The van der Waals surface area contributed by atoms with E-state index in [0.717, 1.165) is 19.1 Å². The van der Waals surface area contributed by atoms with E-state index in [0.29, 0.717) is 0 Å². The topological polar surface area (TPSA) is 63.2 Å². The number of amides is 1. The lowest BCUT2D eigenvalue weighted by atomic mass is 10.1. The number of sulfone groups is 1. The fourth-order valence-electron chi connectivity index (χ4n) is 1.78. The van der Waals surface area contributed by atoms with Crippen molar-refractivity contribution in [2.24, 2.45) is 0 Å². The maximum atomic E-state index is 12.0. The summed E-state index contributed by atoms with van der Waals surface area (Å²) in [5.41, 5.74) is 0.211. The summed E-state index contributed by atoms with van der Waals surface area (Å²) in [6.07, 6.45) is 2.94. The molecule has 18 heavy (non-hydrogen) atoms. The first-order valence-electron chi connectivity index (χ1n) is 5.96. The highest BCUT2D eigenvalue weighted by Crippen LogP contribution is 2.15. The van der Waals surface area contributed by atoms with Crippen LogP contribution in [0.3, 0.4) is 0 Å². The van der Waals surface area contributed by atoms with Gasteiger partial charge in [-0.05, 0) is 25.5 Å². The van der Waals surface area contributed by atoms with Gasteiger partial charge in [-0.3, -0.25) is 4.79 Å². The van der Waals surface area contributed by atoms with Crippen LogP contribution in [0, 0.1) is 0 Å². The van der Waals surface area contributed by atoms with Gasteiger partial charge in [-0.1, -0.05) is 25.5 Å². The second-order valence-corrected chi connectivity index (χ2v) is 6.42. The maximum absolute atomic E-state index is 12.0. The van der Waals surface area contributed by atoms with Crippen LogP contribution in [0.1, 0.15) is 37.0 Å². The quantitative estimate of drug-likeness (QED) is 0.889. The average Bonchev–Trinajstić information content (AvgIpc) is 2.28. The standard InChI is InChI=1S/C13H19NO3S/c1-4-7-10(2)14-13(15)11-8-5-6-9-12(11)18(3,16)17/h5-6,8-10H,4,7H2,1-3H3,(H,14,15)/t10-/m0/s1. The molecule has 0 fully saturated rings. The van der Waals surface area contributed by atoms with Crippen LogP contribution in [0.2, 0.25) is 0 Å². The third-order valence-corrected chi connectivity index (χ3v) is 3.79. The molecule has 0 radical (unpaired) electrons. The molecule has 1 rings (SSSR count). The van der Waals surface area contributed by atoms with E-state index in [1.807, 2.05) is 13.8 Å². The van der Waals surface area contributed by atoms with Crippen LogP contribution in [-0.2, 0) is 9.84 Å². The molecule has 0 spiro atoms. The van der Waals surface area contributed by atoms with E-state index in [9.17, 15) is 13.2 Å². The van der Waals surface area contributed by atoms with Crippen molar-refractivity contribution in [2.75, 3.05) is 6.26 Å². The highest BCUT2D eigenvalue weighted by molar-refractivity contribution is 7.90. The summed E-state index contributed by atoms with van der Waals surface area (Å²) in [6.45, 7) is 3.94. The highest BCUT2D eigenvalue weighted by atomic mass is 32.2. The minimum Gasteiger partial charge on any atom is -0.350 e. The van der Waals surface area contributed by atoms with Gasteiger partial charge in [-0.15, -0.1) is 0 Å². The van der Waals surface area contributed by atoms with Gasteiger partial charge in [0, 0.05) is 12.3 Å². The zero-order chi connectivity index (χ0) is 13.8. The Hall–Kier alpha value is -1.36. The van der Waals surface area contributed by atoms with Crippen LogP contribution in [-0.4, -0.2) is 26.6 Å². The number of benzene rings is 1. The first kappa shape index (κ1) is 14.7. The van der Waals surface area contributed by atoms with Crippen LogP contribution in [0.5, 0.6) is 0 Å². The lowest BCUT2D eigenvalue weighted by Crippen LogP contribution is -2.33. The molecule has 1 amide bonds. The fourth-order valence-corrected chi connectivity index (χ4v) is 2.67. The zero-order valence-electron chi connectivity index (χ0n) is 10.9. The lowest BCUT2D eigenvalue weighted by molar-refractivity contribution is 0.0935. The van der Waals surface area contributed by atoms with Crippen LogP contribution < -0.4 is 5.32 Å².